The molecule has 0 aliphatic rings. The fourth-order valence-corrected chi connectivity index (χ4v) is 0.579. The molecule has 8 heteroatoms. The Hall–Kier alpha value is -1.15. The minimum Gasteiger partial charge on any atom is -0.394 e. The summed E-state index contributed by atoms with van der Waals surface area (Å²) in [7, 11) is 0. The lowest BCUT2D eigenvalue weighted by molar-refractivity contribution is -0.146. The van der Waals surface area contributed by atoms with Crippen molar-refractivity contribution in [2.24, 2.45) is 5.73 Å². The predicted molar refractivity (Wildman–Crippen MR) is 33.3 cm³/mol. The Morgan fingerprint density at radius 2 is 2.15 bits per heavy atom. The first-order chi connectivity index (χ1) is 5.95. The second-order valence-corrected chi connectivity index (χ2v) is 2.24. The highest BCUT2D eigenvalue weighted by Gasteiger charge is 2.37. The largest absolute Gasteiger partial charge is 0.455 e. The zero-order valence-corrected chi connectivity index (χ0v) is 6.25. The molecule has 0 bridgehead atoms. The molecule has 1 rings (SSSR count). The maximum absolute atomic E-state index is 11.9. The Morgan fingerprint density at radius 3 is 2.54 bits per heavy atom. The maximum atomic E-state index is 11.9. The van der Waals surface area contributed by atoms with Gasteiger partial charge >= 0.3 is 6.18 Å². The van der Waals surface area contributed by atoms with Gasteiger partial charge in [0.15, 0.2) is 0 Å². The van der Waals surface area contributed by atoms with Crippen LogP contribution in [-0.4, -0.2) is 21.9 Å². The molecule has 0 aromatic carbocycles. The smallest absolute Gasteiger partial charge is 0.394 e. The summed E-state index contributed by atoms with van der Waals surface area (Å²) in [6, 6.07) is -1.08. The molecule has 0 fully saturated rings. The molecule has 13 heavy (non-hydrogen) atoms. The van der Waals surface area contributed by atoms with Gasteiger partial charge in [0.25, 0.3) is 5.82 Å². The quantitative estimate of drug-likeness (QED) is 0.701. The van der Waals surface area contributed by atoms with Gasteiger partial charge in [-0.2, -0.15) is 18.2 Å². The summed E-state index contributed by atoms with van der Waals surface area (Å²) < 4.78 is 39.8. The Kier molecular flexibility index (Phi) is 2.52. The van der Waals surface area contributed by atoms with Gasteiger partial charge in [0.2, 0.25) is 5.89 Å². The Labute approximate surface area is 70.3 Å². The molecule has 1 aromatic rings. The van der Waals surface area contributed by atoms with Crippen molar-refractivity contribution in [2.45, 2.75) is 12.2 Å². The zero-order chi connectivity index (χ0) is 10.1. The van der Waals surface area contributed by atoms with Gasteiger partial charge in [-0.25, -0.2) is 0 Å². The molecular formula is C5H6F3N3O2. The minimum absolute atomic E-state index is 0.435. The lowest BCUT2D eigenvalue weighted by Gasteiger charge is -1.99. The Bertz CT molecular complexity index is 285. The molecule has 1 aromatic heterocycles. The highest BCUT2D eigenvalue weighted by Crippen LogP contribution is 2.26. The molecule has 0 aliphatic heterocycles. The van der Waals surface area contributed by atoms with Crippen LogP contribution >= 0.6 is 0 Å². The summed E-state index contributed by atoms with van der Waals surface area (Å²) in [5, 5.41) is 11.1. The predicted octanol–water partition coefficient (Wildman–Crippen LogP) is 0.0805. The number of rotatable bonds is 2. The lowest BCUT2D eigenvalue weighted by atomic mass is 10.3. The van der Waals surface area contributed by atoms with E-state index in [-0.39, 0.29) is 0 Å². The van der Waals surface area contributed by atoms with Crippen LogP contribution in [0.5, 0.6) is 0 Å². The monoisotopic (exact) mass is 197 g/mol. The average Bonchev–Trinajstić information content (AvgIpc) is 2.50. The first-order valence-corrected chi connectivity index (χ1v) is 3.22. The standard InChI is InChI=1S/C5H6F3N3O2/c6-5(7,8)4-10-3(13-11-4)2(9)1-12/h2,12H,1,9H2/t2-/m1/s1. The topological polar surface area (TPSA) is 85.2 Å². The first-order valence-electron chi connectivity index (χ1n) is 3.22. The summed E-state index contributed by atoms with van der Waals surface area (Å²) in [6.45, 7) is -0.556. The molecule has 0 spiro atoms. The molecule has 0 radical (unpaired) electrons. The number of halogens is 3. The van der Waals surface area contributed by atoms with Crippen molar-refractivity contribution < 1.29 is 22.8 Å². The number of aromatic nitrogens is 2. The van der Waals surface area contributed by atoms with E-state index >= 15 is 0 Å². The summed E-state index contributed by atoms with van der Waals surface area (Å²) in [6.07, 6.45) is -4.66. The molecule has 0 aliphatic carbocycles. The minimum atomic E-state index is -4.66. The second kappa shape index (κ2) is 3.30. The highest BCUT2D eigenvalue weighted by atomic mass is 19.4. The number of nitrogens with two attached hydrogens (primary N) is 1. The molecule has 1 atom stereocenters. The van der Waals surface area contributed by atoms with E-state index in [4.69, 9.17) is 10.8 Å². The van der Waals surface area contributed by atoms with Crippen molar-refractivity contribution in [1.82, 2.24) is 10.1 Å². The van der Waals surface area contributed by atoms with E-state index in [1.54, 1.807) is 0 Å². The highest BCUT2D eigenvalue weighted by molar-refractivity contribution is 4.94. The van der Waals surface area contributed by atoms with Crippen molar-refractivity contribution in [2.75, 3.05) is 6.61 Å². The molecular weight excluding hydrogens is 191 g/mol. The molecule has 3 N–H and O–H groups in total. The van der Waals surface area contributed by atoms with Gasteiger partial charge in [-0.05, 0) is 0 Å². The van der Waals surface area contributed by atoms with E-state index in [0.29, 0.717) is 0 Å². The van der Waals surface area contributed by atoms with Crippen molar-refractivity contribution in [3.05, 3.63) is 11.7 Å². The average molecular weight is 197 g/mol. The number of nitrogens with zero attached hydrogens (tertiary/aromatic N) is 2. The van der Waals surface area contributed by atoms with E-state index in [2.05, 4.69) is 14.7 Å². The number of hydrogen-bond acceptors (Lipinski definition) is 5. The normalized spacial score (nSPS) is 14.5. The number of alkyl halides is 3. The van der Waals surface area contributed by atoms with Gasteiger partial charge in [0.1, 0.15) is 6.04 Å². The van der Waals surface area contributed by atoms with Crippen molar-refractivity contribution >= 4 is 0 Å². The third-order valence-corrected chi connectivity index (χ3v) is 1.21. The van der Waals surface area contributed by atoms with E-state index in [9.17, 15) is 13.2 Å². The fourth-order valence-electron chi connectivity index (χ4n) is 0.579. The van der Waals surface area contributed by atoms with Crippen LogP contribution < -0.4 is 5.73 Å². The number of aliphatic hydroxyl groups excluding tert-OH is 1. The molecule has 0 unspecified atom stereocenters. The summed E-state index contributed by atoms with van der Waals surface area (Å²) in [5.74, 6) is -1.83. The van der Waals surface area contributed by atoms with Crippen LogP contribution in [0.25, 0.3) is 0 Å². The van der Waals surface area contributed by atoms with Crippen LogP contribution in [-0.2, 0) is 6.18 Å². The van der Waals surface area contributed by atoms with E-state index in [0.717, 1.165) is 0 Å². The van der Waals surface area contributed by atoms with Crippen LogP contribution in [0.15, 0.2) is 4.52 Å². The molecule has 5 nitrogen and oxygen atoms in total. The van der Waals surface area contributed by atoms with Crippen LogP contribution in [0.4, 0.5) is 13.2 Å². The van der Waals surface area contributed by atoms with Crippen LogP contribution in [0.1, 0.15) is 17.8 Å². The summed E-state index contributed by atoms with van der Waals surface area (Å²) >= 11 is 0. The van der Waals surface area contributed by atoms with Gasteiger partial charge in [0, 0.05) is 0 Å². The van der Waals surface area contributed by atoms with Gasteiger partial charge < -0.3 is 15.4 Å². The van der Waals surface area contributed by atoms with Crippen molar-refractivity contribution in [3.8, 4) is 0 Å². The number of hydrogen-bond donors (Lipinski definition) is 2. The molecule has 74 valence electrons. The van der Waals surface area contributed by atoms with E-state index in [1.807, 2.05) is 0 Å². The van der Waals surface area contributed by atoms with E-state index in [1.165, 1.54) is 0 Å². The summed E-state index contributed by atoms with van der Waals surface area (Å²) in [5.41, 5.74) is 5.14. The van der Waals surface area contributed by atoms with Gasteiger partial charge in [0.05, 0.1) is 6.61 Å². The van der Waals surface area contributed by atoms with Gasteiger partial charge in [-0.3, -0.25) is 0 Å². The maximum Gasteiger partial charge on any atom is 0.455 e. The zero-order valence-electron chi connectivity index (χ0n) is 6.25. The van der Waals surface area contributed by atoms with Crippen LogP contribution in [0.2, 0.25) is 0 Å². The van der Waals surface area contributed by atoms with Crippen molar-refractivity contribution in [3.63, 3.8) is 0 Å². The van der Waals surface area contributed by atoms with Gasteiger partial charge in [-0.1, -0.05) is 5.16 Å². The SMILES string of the molecule is N[C@H](CO)c1nc(C(F)(F)F)no1. The molecule has 0 saturated heterocycles. The van der Waals surface area contributed by atoms with Crippen LogP contribution in [0, 0.1) is 0 Å². The molecule has 0 saturated carbocycles. The van der Waals surface area contributed by atoms with Gasteiger partial charge in [-0.15, -0.1) is 0 Å². The lowest BCUT2D eigenvalue weighted by Crippen LogP contribution is -2.15. The molecule has 1 heterocycles. The van der Waals surface area contributed by atoms with Crippen LogP contribution in [0.3, 0.4) is 0 Å². The second-order valence-electron chi connectivity index (χ2n) is 2.24. The van der Waals surface area contributed by atoms with Crippen molar-refractivity contribution in [1.29, 1.82) is 0 Å². The third-order valence-electron chi connectivity index (χ3n) is 1.21. The number of aliphatic hydroxyl groups is 1. The molecule has 0 amide bonds. The van der Waals surface area contributed by atoms with E-state index < -0.39 is 30.5 Å². The summed E-state index contributed by atoms with van der Waals surface area (Å²) in [4.78, 5) is 2.96. The fraction of sp³-hybridized carbons (Fsp3) is 0.600. The Morgan fingerprint density at radius 1 is 1.54 bits per heavy atom. The first kappa shape index (κ1) is 9.93. The third kappa shape index (κ3) is 2.16. The Balaban J connectivity index is 2.87.